The minimum absolute atomic E-state index is 0.00165. The third-order valence-electron chi connectivity index (χ3n) is 8.02. The Kier molecular flexibility index (Phi) is 9.70. The maximum Gasteiger partial charge on any atom is 0.726 e. The van der Waals surface area contributed by atoms with Crippen molar-refractivity contribution in [2.75, 3.05) is 12.0 Å². The number of amides is 2. The van der Waals surface area contributed by atoms with Gasteiger partial charge in [0.25, 0.3) is 0 Å². The summed E-state index contributed by atoms with van der Waals surface area (Å²) >= 11 is 12.1. The molecule has 2 heterocycles. The van der Waals surface area contributed by atoms with E-state index in [0.29, 0.717) is 41.1 Å². The number of hydrogen-bond donors (Lipinski definition) is 4. The molecule has 2 fully saturated rings. The Morgan fingerprint density at radius 3 is 2.67 bits per heavy atom. The molecule has 5 atom stereocenters. The van der Waals surface area contributed by atoms with E-state index >= 15 is 0 Å². The van der Waals surface area contributed by atoms with Crippen LogP contribution < -0.4 is 16.0 Å². The van der Waals surface area contributed by atoms with Gasteiger partial charge in [0.05, 0.1) is 10.7 Å². The molecule has 2 aliphatic heterocycles. The first-order valence-electron chi connectivity index (χ1n) is 13.6. The first kappa shape index (κ1) is 32.7. The van der Waals surface area contributed by atoms with Crippen molar-refractivity contribution in [1.82, 2.24) is 10.6 Å². The molecule has 1 unspecified atom stereocenters. The first-order chi connectivity index (χ1) is 19.6. The highest BCUT2D eigenvalue weighted by Gasteiger charge is 2.66. The van der Waals surface area contributed by atoms with Crippen LogP contribution in [-0.4, -0.2) is 47.1 Å². The van der Waals surface area contributed by atoms with Gasteiger partial charge in [0, 0.05) is 38.3 Å². The third-order valence-corrected chi connectivity index (χ3v) is 8.69. The summed E-state index contributed by atoms with van der Waals surface area (Å²) < 4.78 is 28.2. The van der Waals surface area contributed by atoms with Crippen LogP contribution in [0.5, 0.6) is 0 Å². The van der Waals surface area contributed by atoms with Gasteiger partial charge in [0.1, 0.15) is 17.7 Å². The van der Waals surface area contributed by atoms with Crippen LogP contribution in [0.15, 0.2) is 53.6 Å². The summed E-state index contributed by atoms with van der Waals surface area (Å²) in [4.78, 5) is 42.1. The molecule has 2 amide bonds. The largest absolute Gasteiger partial charge is 0.726 e. The summed E-state index contributed by atoms with van der Waals surface area (Å²) in [6.07, 6.45) is 5.87. The van der Waals surface area contributed by atoms with Gasteiger partial charge in [-0.1, -0.05) is 68.8 Å². The normalized spacial score (nSPS) is 31.2. The van der Waals surface area contributed by atoms with Gasteiger partial charge in [-0.25, -0.2) is 4.39 Å². The highest BCUT2D eigenvalue weighted by molar-refractivity contribution is 7.31. The summed E-state index contributed by atoms with van der Waals surface area (Å²) in [5.41, 5.74) is -0.482. The minimum atomic E-state index is -2.92. The zero-order chi connectivity index (χ0) is 31.0. The molecule has 0 radical (unpaired) electrons. The second-order valence-corrected chi connectivity index (χ2v) is 14.1. The molecule has 3 aliphatic rings. The fourth-order valence-corrected chi connectivity index (χ4v) is 6.95. The Bertz CT molecular complexity index is 1340. The molecule has 0 aromatic heterocycles. The molecule has 13 heteroatoms. The Morgan fingerprint density at radius 2 is 2.05 bits per heavy atom. The predicted octanol–water partition coefficient (Wildman–Crippen LogP) is 5.76. The molecule has 9 nitrogen and oxygen atoms in total. The van der Waals surface area contributed by atoms with Crippen LogP contribution >= 0.6 is 31.5 Å². The van der Waals surface area contributed by atoms with Crippen molar-refractivity contribution in [1.29, 1.82) is 0 Å². The lowest BCUT2D eigenvalue weighted by Gasteiger charge is -2.42. The molecule has 4 N–H and O–H groups in total. The summed E-state index contributed by atoms with van der Waals surface area (Å²) in [6.45, 7) is 11.4. The molecule has 228 valence electrons. The van der Waals surface area contributed by atoms with E-state index in [1.54, 1.807) is 31.2 Å². The number of carbonyl (C=O) groups is 2. The number of halogens is 3. The van der Waals surface area contributed by atoms with Crippen molar-refractivity contribution in [2.45, 2.75) is 76.1 Å². The molecule has 1 aromatic rings. The molecule has 1 aromatic carbocycles. The van der Waals surface area contributed by atoms with Crippen LogP contribution in [0.3, 0.4) is 0 Å². The SMILES string of the molecule is C=C(/C=C\C=C(\Cl)CF)[C@H]1[C@H](C(=O)NC2CC(C)(OO[P+](=O)O)C2)N[C@H](CC(C)(C)C)[C@]12C(=O)Nc1cc(Cl)ccc12. The lowest BCUT2D eigenvalue weighted by molar-refractivity contribution is -0.313. The lowest BCUT2D eigenvalue weighted by atomic mass is 9.62. The van der Waals surface area contributed by atoms with Crippen molar-refractivity contribution < 1.29 is 33.0 Å². The average Bonchev–Trinajstić information content (AvgIpc) is 3.35. The number of nitrogens with one attached hydrogen (secondary N) is 3. The van der Waals surface area contributed by atoms with Crippen LogP contribution in [-0.2, 0) is 29.1 Å². The second-order valence-electron chi connectivity index (χ2n) is 12.6. The quantitative estimate of drug-likeness (QED) is 0.111. The number of carbonyl (C=O) groups excluding carboxylic acids is 2. The highest BCUT2D eigenvalue weighted by Crippen LogP contribution is 2.55. The van der Waals surface area contributed by atoms with E-state index < -0.39 is 43.9 Å². The minimum Gasteiger partial charge on any atom is -0.352 e. The Morgan fingerprint density at radius 1 is 1.36 bits per heavy atom. The van der Waals surface area contributed by atoms with Crippen LogP contribution in [0.25, 0.3) is 0 Å². The molecule has 1 aliphatic carbocycles. The van der Waals surface area contributed by atoms with E-state index in [-0.39, 0.29) is 28.3 Å². The van der Waals surface area contributed by atoms with Gasteiger partial charge in [0.2, 0.25) is 11.8 Å². The number of fused-ring (bicyclic) bond motifs is 2. The van der Waals surface area contributed by atoms with Crippen LogP contribution in [0.2, 0.25) is 5.02 Å². The zero-order valence-electron chi connectivity index (χ0n) is 23.9. The Hall–Kier alpha value is -2.17. The Labute approximate surface area is 255 Å². The highest BCUT2D eigenvalue weighted by atomic mass is 35.5. The monoisotopic (exact) mass is 642 g/mol. The fraction of sp³-hybridized carbons (Fsp3) is 0.517. The molecule has 0 bridgehead atoms. The number of hydrogen-bond acceptors (Lipinski definition) is 6. The van der Waals surface area contributed by atoms with Crippen molar-refractivity contribution >= 4 is 49.0 Å². The van der Waals surface area contributed by atoms with Crippen molar-refractivity contribution in [2.24, 2.45) is 11.3 Å². The van der Waals surface area contributed by atoms with E-state index in [0.717, 1.165) is 0 Å². The van der Waals surface area contributed by atoms with E-state index in [1.807, 2.05) is 6.07 Å². The molecule has 1 saturated carbocycles. The van der Waals surface area contributed by atoms with Crippen molar-refractivity contribution in [3.63, 3.8) is 0 Å². The Balaban J connectivity index is 1.73. The molecular formula is C29H36Cl2FN3O6P+. The zero-order valence-corrected chi connectivity index (χ0v) is 26.3. The summed E-state index contributed by atoms with van der Waals surface area (Å²) in [7, 11) is -2.92. The topological polar surface area (TPSA) is 126 Å². The molecule has 1 saturated heterocycles. The van der Waals surface area contributed by atoms with Crippen molar-refractivity contribution in [3.8, 4) is 0 Å². The van der Waals surface area contributed by atoms with Crippen molar-refractivity contribution in [3.05, 3.63) is 64.2 Å². The average molecular weight is 644 g/mol. The van der Waals surface area contributed by atoms with E-state index in [2.05, 4.69) is 48.0 Å². The number of alkyl halides is 1. The van der Waals surface area contributed by atoms with Gasteiger partial charge in [-0.3, -0.25) is 9.59 Å². The molecule has 42 heavy (non-hydrogen) atoms. The maximum atomic E-state index is 14.1. The summed E-state index contributed by atoms with van der Waals surface area (Å²) in [5, 5.41) is 9.98. The number of anilines is 1. The maximum absolute atomic E-state index is 14.1. The van der Waals surface area contributed by atoms with Gasteiger partial charge in [-0.05, 0) is 60.9 Å². The van der Waals surface area contributed by atoms with Crippen LogP contribution in [0.1, 0.15) is 52.5 Å². The third kappa shape index (κ3) is 6.65. The van der Waals surface area contributed by atoms with E-state index in [4.69, 9.17) is 33.0 Å². The first-order valence-corrected chi connectivity index (χ1v) is 15.5. The van der Waals surface area contributed by atoms with E-state index in [1.165, 1.54) is 6.08 Å². The van der Waals surface area contributed by atoms with Gasteiger partial charge in [0.15, 0.2) is 0 Å². The molecule has 1 spiro atoms. The smallest absolute Gasteiger partial charge is 0.352 e. The van der Waals surface area contributed by atoms with Crippen LogP contribution in [0.4, 0.5) is 10.1 Å². The van der Waals surface area contributed by atoms with Gasteiger partial charge in [-0.2, -0.15) is 4.89 Å². The van der Waals surface area contributed by atoms with Crippen LogP contribution in [0, 0.1) is 11.3 Å². The number of benzene rings is 1. The standard InChI is InChI=1S/C29H35Cl2FN3O6P/c1-16(7-6-8-18(31)15-32)23-24(25(36)33-19-12-28(5,13-19)40-41-42(38)39)35-22(14-27(2,3)4)29(23)20-10-9-17(30)11-21(20)34-26(29)37/h6-11,19,22-24,35H,1,12-15H2,2-5H3,(H2-,33,34,36,37,38,39)/p+1/b7-6-,18-8+/t19?,22-,23+,24-,28?,29+/m1/s1. The number of rotatable bonds is 10. The lowest BCUT2D eigenvalue weighted by Crippen LogP contribution is -2.58. The number of allylic oxidation sites excluding steroid dienone is 4. The molecular weight excluding hydrogens is 607 g/mol. The summed E-state index contributed by atoms with van der Waals surface area (Å²) in [6, 6.07) is 3.63. The van der Waals surface area contributed by atoms with Gasteiger partial charge >= 0.3 is 8.25 Å². The summed E-state index contributed by atoms with van der Waals surface area (Å²) in [5.74, 6) is -1.34. The predicted molar refractivity (Wildman–Crippen MR) is 160 cm³/mol. The fourth-order valence-electron chi connectivity index (χ4n) is 6.46. The molecule has 4 rings (SSSR count). The van der Waals surface area contributed by atoms with Gasteiger partial charge in [-0.15, -0.1) is 4.89 Å². The van der Waals surface area contributed by atoms with Gasteiger partial charge < -0.3 is 16.0 Å². The van der Waals surface area contributed by atoms with E-state index in [9.17, 15) is 18.5 Å². The second kappa shape index (κ2) is 12.4.